The number of aryl methyl sites for hydroxylation is 1. The molecule has 0 atom stereocenters. The molecule has 196 valence electrons. The number of hydrogen-bond acceptors (Lipinski definition) is 0. The maximum Gasteiger partial charge on any atom is 0.458 e. The highest BCUT2D eigenvalue weighted by atomic mass is 19.4. The second-order valence-corrected chi connectivity index (χ2v) is 8.82. The average molecular weight is 532 g/mol. The summed E-state index contributed by atoms with van der Waals surface area (Å²) >= 11 is 0. The molecule has 0 radical (unpaired) electrons. The van der Waals surface area contributed by atoms with Crippen molar-refractivity contribution in [3.8, 4) is 34.1 Å². The lowest BCUT2D eigenvalue weighted by atomic mass is 9.95. The van der Waals surface area contributed by atoms with E-state index in [0.717, 1.165) is 67.1 Å². The standard InChI is InChI=1S/C30H20F8/c1-2-3-4-5-17-6-8-21(24(31)12-17)20-15-26(33)28(27(34)16-20)18-7-9-22-19(13-18)14-25(32)23(29(22)35)10-11-30(36,37)38/h6-9,12-16H,2-5H2,1H3. The van der Waals surface area contributed by atoms with Crippen LogP contribution in [0.3, 0.4) is 0 Å². The Hall–Kier alpha value is -3.86. The van der Waals surface area contributed by atoms with Crippen LogP contribution < -0.4 is 0 Å². The Labute approximate surface area is 213 Å². The topological polar surface area (TPSA) is 0 Å². The van der Waals surface area contributed by atoms with Gasteiger partial charge in [0.15, 0.2) is 0 Å². The van der Waals surface area contributed by atoms with Crippen LogP contribution in [0.4, 0.5) is 35.1 Å². The van der Waals surface area contributed by atoms with E-state index in [0.29, 0.717) is 6.42 Å². The third-order valence-corrected chi connectivity index (χ3v) is 6.10. The van der Waals surface area contributed by atoms with Gasteiger partial charge in [0, 0.05) is 16.9 Å². The van der Waals surface area contributed by atoms with Crippen molar-refractivity contribution in [1.82, 2.24) is 0 Å². The van der Waals surface area contributed by atoms with E-state index in [2.05, 4.69) is 6.92 Å². The molecular formula is C30H20F8. The van der Waals surface area contributed by atoms with Gasteiger partial charge in [0.05, 0.1) is 11.1 Å². The fraction of sp³-hybridized carbons (Fsp3) is 0.200. The first-order valence-corrected chi connectivity index (χ1v) is 11.8. The molecule has 0 amide bonds. The molecule has 0 spiro atoms. The molecule has 4 aromatic rings. The largest absolute Gasteiger partial charge is 0.458 e. The van der Waals surface area contributed by atoms with E-state index in [-0.39, 0.29) is 27.5 Å². The van der Waals surface area contributed by atoms with Crippen LogP contribution in [0.25, 0.3) is 33.0 Å². The molecule has 0 aromatic heterocycles. The molecule has 0 bridgehead atoms. The SMILES string of the molecule is CCCCCc1ccc(-c2cc(F)c(-c3ccc4c(F)c(C#CC(F)(F)F)c(F)cc4c3)c(F)c2)c(F)c1. The lowest BCUT2D eigenvalue weighted by Crippen LogP contribution is -2.02. The zero-order valence-corrected chi connectivity index (χ0v) is 20.0. The lowest BCUT2D eigenvalue weighted by molar-refractivity contribution is -0.0696. The summed E-state index contributed by atoms with van der Waals surface area (Å²) in [6.45, 7) is 2.05. The number of unbranched alkanes of at least 4 members (excludes halogenated alkanes) is 2. The lowest BCUT2D eigenvalue weighted by Gasteiger charge is -2.12. The van der Waals surface area contributed by atoms with Crippen molar-refractivity contribution in [2.45, 2.75) is 38.8 Å². The van der Waals surface area contributed by atoms with Crippen molar-refractivity contribution in [3.05, 3.63) is 94.8 Å². The molecule has 0 aliphatic heterocycles. The van der Waals surface area contributed by atoms with Crippen molar-refractivity contribution in [2.75, 3.05) is 0 Å². The van der Waals surface area contributed by atoms with Crippen molar-refractivity contribution in [1.29, 1.82) is 0 Å². The molecule has 0 saturated carbocycles. The summed E-state index contributed by atoms with van der Waals surface area (Å²) in [6.07, 6.45) is -1.34. The van der Waals surface area contributed by atoms with E-state index in [1.807, 2.05) is 0 Å². The summed E-state index contributed by atoms with van der Waals surface area (Å²) in [7, 11) is 0. The van der Waals surface area contributed by atoms with Crippen LogP contribution in [0.1, 0.15) is 37.3 Å². The summed E-state index contributed by atoms with van der Waals surface area (Å²) in [5, 5.41) is -0.414. The molecular weight excluding hydrogens is 512 g/mol. The summed E-state index contributed by atoms with van der Waals surface area (Å²) in [4.78, 5) is 0. The smallest absolute Gasteiger partial charge is 0.206 e. The van der Waals surface area contributed by atoms with Gasteiger partial charge in [0.1, 0.15) is 29.1 Å². The van der Waals surface area contributed by atoms with Gasteiger partial charge in [-0.3, -0.25) is 0 Å². The minimum absolute atomic E-state index is 0.0174. The highest BCUT2D eigenvalue weighted by Gasteiger charge is 2.24. The molecule has 0 fully saturated rings. The minimum Gasteiger partial charge on any atom is -0.206 e. The van der Waals surface area contributed by atoms with Crippen LogP contribution in [-0.2, 0) is 6.42 Å². The number of alkyl halides is 3. The highest BCUT2D eigenvalue weighted by molar-refractivity contribution is 5.89. The fourth-order valence-electron chi connectivity index (χ4n) is 4.27. The normalized spacial score (nSPS) is 11.5. The quantitative estimate of drug-likeness (QED) is 0.132. The van der Waals surface area contributed by atoms with Crippen LogP contribution in [0.15, 0.2) is 54.6 Å². The van der Waals surface area contributed by atoms with E-state index in [9.17, 15) is 26.3 Å². The molecule has 0 unspecified atom stereocenters. The van der Waals surface area contributed by atoms with Gasteiger partial charge in [-0.05, 0) is 65.3 Å². The van der Waals surface area contributed by atoms with Crippen molar-refractivity contribution >= 4 is 10.8 Å². The van der Waals surface area contributed by atoms with Gasteiger partial charge in [-0.25, -0.2) is 22.0 Å². The molecule has 4 aromatic carbocycles. The third-order valence-electron chi connectivity index (χ3n) is 6.10. The minimum atomic E-state index is -4.95. The van der Waals surface area contributed by atoms with E-state index in [1.165, 1.54) is 18.1 Å². The molecule has 0 N–H and O–H groups in total. The van der Waals surface area contributed by atoms with Gasteiger partial charge in [-0.1, -0.05) is 50.0 Å². The fourth-order valence-corrected chi connectivity index (χ4v) is 4.27. The third kappa shape index (κ3) is 5.83. The number of fused-ring (bicyclic) bond motifs is 1. The summed E-state index contributed by atoms with van der Waals surface area (Å²) in [5.41, 5.74) is -0.869. The van der Waals surface area contributed by atoms with Gasteiger partial charge >= 0.3 is 6.18 Å². The van der Waals surface area contributed by atoms with Gasteiger partial charge in [0.25, 0.3) is 0 Å². The predicted octanol–water partition coefficient (Wildman–Crippen LogP) is 9.52. The number of rotatable bonds is 6. The van der Waals surface area contributed by atoms with Gasteiger partial charge in [0.2, 0.25) is 0 Å². The van der Waals surface area contributed by atoms with E-state index < -0.39 is 46.4 Å². The molecule has 0 saturated heterocycles. The Kier molecular flexibility index (Phi) is 7.77. The summed E-state index contributed by atoms with van der Waals surface area (Å²) in [5.74, 6) is -3.09. The molecule has 0 aliphatic carbocycles. The number of halogens is 8. The van der Waals surface area contributed by atoms with Crippen LogP contribution >= 0.6 is 0 Å². The van der Waals surface area contributed by atoms with Crippen molar-refractivity contribution in [2.24, 2.45) is 0 Å². The van der Waals surface area contributed by atoms with E-state index in [1.54, 1.807) is 6.07 Å². The predicted molar refractivity (Wildman–Crippen MR) is 131 cm³/mol. The Morgan fingerprint density at radius 1 is 0.711 bits per heavy atom. The second-order valence-electron chi connectivity index (χ2n) is 8.82. The van der Waals surface area contributed by atoms with E-state index in [4.69, 9.17) is 0 Å². The summed E-state index contributed by atoms with van der Waals surface area (Å²) in [6, 6.07) is 10.5. The van der Waals surface area contributed by atoms with Crippen LogP contribution in [0.5, 0.6) is 0 Å². The Balaban J connectivity index is 1.71. The first-order chi connectivity index (χ1) is 18.0. The monoisotopic (exact) mass is 532 g/mol. The molecule has 38 heavy (non-hydrogen) atoms. The molecule has 0 aliphatic rings. The van der Waals surface area contributed by atoms with Gasteiger partial charge in [-0.15, -0.1) is 0 Å². The average Bonchev–Trinajstić information content (AvgIpc) is 2.83. The number of hydrogen-bond donors (Lipinski definition) is 0. The van der Waals surface area contributed by atoms with Crippen LogP contribution in [-0.4, -0.2) is 6.18 Å². The summed E-state index contributed by atoms with van der Waals surface area (Å²) < 4.78 is 111. The van der Waals surface area contributed by atoms with Crippen molar-refractivity contribution < 1.29 is 35.1 Å². The first kappa shape index (κ1) is 27.2. The van der Waals surface area contributed by atoms with Gasteiger partial charge in [-0.2, -0.15) is 13.2 Å². The molecule has 0 nitrogen and oxygen atoms in total. The first-order valence-electron chi connectivity index (χ1n) is 11.8. The number of benzene rings is 4. The molecule has 0 heterocycles. The zero-order valence-electron chi connectivity index (χ0n) is 20.0. The van der Waals surface area contributed by atoms with E-state index >= 15 is 8.78 Å². The maximum absolute atomic E-state index is 15.1. The second kappa shape index (κ2) is 10.9. The highest BCUT2D eigenvalue weighted by Crippen LogP contribution is 2.35. The van der Waals surface area contributed by atoms with Crippen LogP contribution in [0.2, 0.25) is 0 Å². The maximum atomic E-state index is 15.1. The Bertz CT molecular complexity index is 1550. The Morgan fingerprint density at radius 2 is 1.42 bits per heavy atom. The van der Waals surface area contributed by atoms with Crippen LogP contribution in [0, 0.1) is 40.9 Å². The molecule has 8 heteroatoms. The zero-order chi connectivity index (χ0) is 27.6. The molecule has 4 rings (SSSR count). The van der Waals surface area contributed by atoms with Crippen molar-refractivity contribution in [3.63, 3.8) is 0 Å². The Morgan fingerprint density at radius 3 is 2.05 bits per heavy atom. The van der Waals surface area contributed by atoms with Gasteiger partial charge < -0.3 is 0 Å².